The Hall–Kier alpha value is -2.60. The number of amides is 1. The van der Waals surface area contributed by atoms with E-state index in [1.54, 1.807) is 6.21 Å². The summed E-state index contributed by atoms with van der Waals surface area (Å²) in [5.41, 5.74) is 3.39. The second-order valence-electron chi connectivity index (χ2n) is 7.95. The van der Waals surface area contributed by atoms with Crippen LogP contribution in [0.2, 0.25) is 0 Å². The Morgan fingerprint density at radius 3 is 2.41 bits per heavy atom. The third kappa shape index (κ3) is 7.83. The van der Waals surface area contributed by atoms with Gasteiger partial charge < -0.3 is 10.1 Å². The zero-order chi connectivity index (χ0) is 22.6. The first kappa shape index (κ1) is 24.1. The number of benzene rings is 2. The van der Waals surface area contributed by atoms with Gasteiger partial charge in [0.15, 0.2) is 5.17 Å². The van der Waals surface area contributed by atoms with Crippen LogP contribution < -0.4 is 10.1 Å². The molecule has 2 aromatic carbocycles. The summed E-state index contributed by atoms with van der Waals surface area (Å²) >= 11 is 1.43. The SMILES string of the molecule is CCCCCCCOc1ccc(/C=N\N=C2\NC(=O)[C@H](Cc3ccc(CC)cc3)S2)cc1. The lowest BCUT2D eigenvalue weighted by Gasteiger charge is -2.06. The lowest BCUT2D eigenvalue weighted by Crippen LogP contribution is -2.25. The molecule has 1 aliphatic heterocycles. The molecule has 0 aromatic heterocycles. The van der Waals surface area contributed by atoms with Crippen LogP contribution in [-0.2, 0) is 17.6 Å². The highest BCUT2D eigenvalue weighted by Gasteiger charge is 2.30. The fraction of sp³-hybridized carbons (Fsp3) is 0.423. The molecule has 0 aliphatic carbocycles. The summed E-state index contributed by atoms with van der Waals surface area (Å²) in [6.45, 7) is 5.11. The minimum absolute atomic E-state index is 0.0142. The third-order valence-electron chi connectivity index (χ3n) is 5.38. The van der Waals surface area contributed by atoms with Crippen molar-refractivity contribution in [3.63, 3.8) is 0 Å². The molecule has 32 heavy (non-hydrogen) atoms. The number of unbranched alkanes of at least 4 members (excludes halogenated alkanes) is 4. The van der Waals surface area contributed by atoms with Crippen LogP contribution in [0.3, 0.4) is 0 Å². The van der Waals surface area contributed by atoms with Crippen LogP contribution in [0.15, 0.2) is 58.7 Å². The number of carbonyl (C=O) groups is 1. The van der Waals surface area contributed by atoms with Gasteiger partial charge in [0.05, 0.1) is 18.1 Å². The summed E-state index contributed by atoms with van der Waals surface area (Å²) in [5, 5.41) is 11.5. The monoisotopic (exact) mass is 451 g/mol. The summed E-state index contributed by atoms with van der Waals surface area (Å²) in [5.74, 6) is 0.858. The van der Waals surface area contributed by atoms with Gasteiger partial charge in [-0.3, -0.25) is 4.79 Å². The normalized spacial score (nSPS) is 17.2. The molecule has 1 aliphatic rings. The molecule has 2 aromatic rings. The van der Waals surface area contributed by atoms with Gasteiger partial charge in [-0.15, -0.1) is 5.10 Å². The fourth-order valence-corrected chi connectivity index (χ4v) is 4.37. The Kier molecular flexibility index (Phi) is 9.82. The summed E-state index contributed by atoms with van der Waals surface area (Å²) in [6, 6.07) is 16.3. The predicted octanol–water partition coefficient (Wildman–Crippen LogP) is 5.76. The van der Waals surface area contributed by atoms with E-state index in [0.717, 1.165) is 36.3 Å². The molecular weight excluding hydrogens is 418 g/mol. The largest absolute Gasteiger partial charge is 0.494 e. The van der Waals surface area contributed by atoms with E-state index in [4.69, 9.17) is 4.74 Å². The summed E-state index contributed by atoms with van der Waals surface area (Å²) in [4.78, 5) is 12.3. The number of nitrogens with one attached hydrogen (secondary N) is 1. The first-order chi connectivity index (χ1) is 15.7. The van der Waals surface area contributed by atoms with Gasteiger partial charge in [-0.2, -0.15) is 5.10 Å². The number of carbonyl (C=O) groups excluding carboxylic acids is 1. The van der Waals surface area contributed by atoms with E-state index < -0.39 is 0 Å². The number of hydrogen-bond acceptors (Lipinski definition) is 5. The number of amidine groups is 1. The van der Waals surface area contributed by atoms with E-state index in [1.807, 2.05) is 24.3 Å². The number of aryl methyl sites for hydroxylation is 1. The maximum absolute atomic E-state index is 12.3. The number of nitrogens with zero attached hydrogens (tertiary/aromatic N) is 2. The maximum Gasteiger partial charge on any atom is 0.239 e. The van der Waals surface area contributed by atoms with Crippen molar-refractivity contribution in [1.29, 1.82) is 0 Å². The molecule has 0 bridgehead atoms. The molecule has 0 saturated carbocycles. The molecule has 6 heteroatoms. The molecular formula is C26H33N3O2S. The Balaban J connectivity index is 1.44. The summed E-state index contributed by atoms with van der Waals surface area (Å²) < 4.78 is 5.79. The topological polar surface area (TPSA) is 63.1 Å². The van der Waals surface area contributed by atoms with Crippen molar-refractivity contribution in [3.05, 3.63) is 65.2 Å². The standard InChI is InChI=1S/C26H33N3O2S/c1-3-5-6-7-8-17-31-23-15-13-22(14-16-23)19-27-29-26-28-25(30)24(32-26)18-21-11-9-20(4-2)10-12-21/h9-16,19,24H,3-8,17-18H2,1-2H3,(H,28,29,30)/b27-19-/t24-/m0/s1. The Morgan fingerprint density at radius 2 is 1.69 bits per heavy atom. The number of thioether (sulfide) groups is 1. The van der Waals surface area contributed by atoms with Gasteiger partial charge >= 0.3 is 0 Å². The van der Waals surface area contributed by atoms with E-state index in [2.05, 4.69) is 53.6 Å². The lowest BCUT2D eigenvalue weighted by molar-refractivity contribution is -0.118. The molecule has 1 amide bonds. The number of hydrogen-bond donors (Lipinski definition) is 1. The molecule has 3 rings (SSSR count). The van der Waals surface area contributed by atoms with Gasteiger partial charge in [0.25, 0.3) is 0 Å². The van der Waals surface area contributed by atoms with Crippen LogP contribution in [0.1, 0.15) is 62.6 Å². The van der Waals surface area contributed by atoms with E-state index >= 15 is 0 Å². The zero-order valence-corrected chi connectivity index (χ0v) is 19.9. The molecule has 5 nitrogen and oxygen atoms in total. The Bertz CT molecular complexity index is 908. The smallest absolute Gasteiger partial charge is 0.239 e. The highest BCUT2D eigenvalue weighted by Crippen LogP contribution is 2.23. The Morgan fingerprint density at radius 1 is 0.969 bits per heavy atom. The van der Waals surface area contributed by atoms with Crippen LogP contribution >= 0.6 is 11.8 Å². The van der Waals surface area contributed by atoms with E-state index in [1.165, 1.54) is 43.0 Å². The maximum atomic E-state index is 12.3. The van der Waals surface area contributed by atoms with Gasteiger partial charge in [0.1, 0.15) is 5.75 Å². The first-order valence-corrected chi connectivity index (χ1v) is 12.4. The minimum Gasteiger partial charge on any atom is -0.494 e. The quantitative estimate of drug-likeness (QED) is 0.253. The molecule has 170 valence electrons. The van der Waals surface area contributed by atoms with E-state index in [0.29, 0.717) is 11.6 Å². The van der Waals surface area contributed by atoms with Gasteiger partial charge in [0, 0.05) is 0 Å². The second-order valence-corrected chi connectivity index (χ2v) is 9.14. The van der Waals surface area contributed by atoms with Crippen molar-refractivity contribution >= 4 is 29.1 Å². The first-order valence-electron chi connectivity index (χ1n) is 11.6. The highest BCUT2D eigenvalue weighted by atomic mass is 32.2. The summed E-state index contributed by atoms with van der Waals surface area (Å²) in [6.07, 6.45) is 9.54. The lowest BCUT2D eigenvalue weighted by atomic mass is 10.1. The zero-order valence-electron chi connectivity index (χ0n) is 19.0. The van der Waals surface area contributed by atoms with Crippen molar-refractivity contribution in [2.75, 3.05) is 6.61 Å². The van der Waals surface area contributed by atoms with Gasteiger partial charge in [-0.25, -0.2) is 0 Å². The molecule has 0 spiro atoms. The minimum atomic E-state index is -0.171. The van der Waals surface area contributed by atoms with Crippen LogP contribution in [0.5, 0.6) is 5.75 Å². The van der Waals surface area contributed by atoms with Crippen LogP contribution in [-0.4, -0.2) is 29.1 Å². The van der Waals surface area contributed by atoms with Crippen LogP contribution in [0.4, 0.5) is 0 Å². The molecule has 1 heterocycles. The predicted molar refractivity (Wildman–Crippen MR) is 135 cm³/mol. The number of rotatable bonds is 12. The highest BCUT2D eigenvalue weighted by molar-refractivity contribution is 8.15. The van der Waals surface area contributed by atoms with Crippen molar-refractivity contribution < 1.29 is 9.53 Å². The van der Waals surface area contributed by atoms with Crippen molar-refractivity contribution in [1.82, 2.24) is 5.32 Å². The third-order valence-corrected chi connectivity index (χ3v) is 6.45. The Labute approximate surface area is 195 Å². The van der Waals surface area contributed by atoms with Crippen molar-refractivity contribution in [2.24, 2.45) is 10.2 Å². The molecule has 1 atom stereocenters. The van der Waals surface area contributed by atoms with Crippen LogP contribution in [0.25, 0.3) is 0 Å². The van der Waals surface area contributed by atoms with E-state index in [9.17, 15) is 4.79 Å². The number of ether oxygens (including phenoxy) is 1. The molecule has 1 fully saturated rings. The van der Waals surface area contributed by atoms with Crippen LogP contribution in [0, 0.1) is 0 Å². The summed E-state index contributed by atoms with van der Waals surface area (Å²) in [7, 11) is 0. The molecule has 1 N–H and O–H groups in total. The fourth-order valence-electron chi connectivity index (χ4n) is 3.41. The second kappa shape index (κ2) is 13.1. The van der Waals surface area contributed by atoms with Crippen molar-refractivity contribution in [3.8, 4) is 5.75 Å². The average Bonchev–Trinajstić information content (AvgIpc) is 3.16. The van der Waals surface area contributed by atoms with Gasteiger partial charge in [-0.05, 0) is 60.2 Å². The van der Waals surface area contributed by atoms with Gasteiger partial charge in [-0.1, -0.05) is 75.6 Å². The van der Waals surface area contributed by atoms with E-state index in [-0.39, 0.29) is 11.2 Å². The van der Waals surface area contributed by atoms with Crippen molar-refractivity contribution in [2.45, 2.75) is 64.0 Å². The molecule has 0 unspecified atom stereocenters. The molecule has 0 radical (unpaired) electrons. The average molecular weight is 452 g/mol. The molecule has 1 saturated heterocycles. The van der Waals surface area contributed by atoms with Gasteiger partial charge in [0.2, 0.25) is 5.91 Å².